The normalized spacial score (nSPS) is 33.9. The van der Waals surface area contributed by atoms with E-state index in [4.69, 9.17) is 5.11 Å². The summed E-state index contributed by atoms with van der Waals surface area (Å²) in [5.74, 6) is 1.38. The Balaban J connectivity index is 1.94. The van der Waals surface area contributed by atoms with Crippen molar-refractivity contribution < 1.29 is 9.90 Å². The van der Waals surface area contributed by atoms with Gasteiger partial charge < -0.3 is 10.0 Å². The molecule has 2 atom stereocenters. The van der Waals surface area contributed by atoms with Crippen LogP contribution in [0.5, 0.6) is 0 Å². The van der Waals surface area contributed by atoms with E-state index in [9.17, 15) is 4.79 Å². The number of aliphatic hydroxyl groups is 1. The first-order valence-corrected chi connectivity index (χ1v) is 4.70. The average molecular weight is 169 g/mol. The third-order valence-corrected chi connectivity index (χ3v) is 3.21. The van der Waals surface area contributed by atoms with Crippen molar-refractivity contribution in [1.29, 1.82) is 0 Å². The van der Waals surface area contributed by atoms with E-state index >= 15 is 0 Å². The summed E-state index contributed by atoms with van der Waals surface area (Å²) in [6.07, 6.45) is 3.89. The number of nitrogens with zero attached hydrogens (tertiary/aromatic N) is 1. The Bertz CT molecular complexity index is 181. The van der Waals surface area contributed by atoms with Crippen LogP contribution in [0.3, 0.4) is 0 Å². The number of carbonyl (C=O) groups excluding carboxylic acids is 1. The summed E-state index contributed by atoms with van der Waals surface area (Å²) in [6.45, 7) is 1.47. The molecular formula is C9H15NO2. The molecule has 2 rings (SSSR count). The molecule has 0 aromatic rings. The lowest BCUT2D eigenvalue weighted by Gasteiger charge is -2.15. The Morgan fingerprint density at radius 1 is 1.33 bits per heavy atom. The molecular weight excluding hydrogens is 154 g/mol. The summed E-state index contributed by atoms with van der Waals surface area (Å²) < 4.78 is 0. The van der Waals surface area contributed by atoms with Gasteiger partial charge in [-0.05, 0) is 24.7 Å². The van der Waals surface area contributed by atoms with Crippen LogP contribution in [-0.2, 0) is 4.79 Å². The lowest BCUT2D eigenvalue weighted by atomic mass is 10.0. The van der Waals surface area contributed by atoms with Crippen LogP contribution >= 0.6 is 0 Å². The molecule has 2 fully saturated rings. The standard InChI is InChI=1S/C9H15NO2/c11-6-9(12)10-4-7-2-1-3-8(7)5-10/h7-8,11H,1-6H2/t7-,8+. The van der Waals surface area contributed by atoms with Crippen LogP contribution < -0.4 is 0 Å². The van der Waals surface area contributed by atoms with Gasteiger partial charge in [-0.3, -0.25) is 4.79 Å². The third-order valence-electron chi connectivity index (χ3n) is 3.21. The molecule has 68 valence electrons. The number of fused-ring (bicyclic) bond motifs is 1. The zero-order valence-corrected chi connectivity index (χ0v) is 7.20. The van der Waals surface area contributed by atoms with Crippen molar-refractivity contribution in [3.63, 3.8) is 0 Å². The van der Waals surface area contributed by atoms with Crippen molar-refractivity contribution in [3.05, 3.63) is 0 Å². The van der Waals surface area contributed by atoms with Gasteiger partial charge in [-0.2, -0.15) is 0 Å². The summed E-state index contributed by atoms with van der Waals surface area (Å²) in [4.78, 5) is 12.9. The quantitative estimate of drug-likeness (QED) is 0.610. The zero-order valence-electron chi connectivity index (χ0n) is 7.20. The topological polar surface area (TPSA) is 40.5 Å². The number of rotatable bonds is 1. The van der Waals surface area contributed by atoms with E-state index in [2.05, 4.69) is 0 Å². The Morgan fingerprint density at radius 2 is 1.92 bits per heavy atom. The number of likely N-dealkylation sites (tertiary alicyclic amines) is 1. The Morgan fingerprint density at radius 3 is 2.42 bits per heavy atom. The fraction of sp³-hybridized carbons (Fsp3) is 0.889. The molecule has 0 radical (unpaired) electrons. The fourth-order valence-electron chi connectivity index (χ4n) is 2.54. The van der Waals surface area contributed by atoms with Crippen LogP contribution in [0.1, 0.15) is 19.3 Å². The number of aliphatic hydroxyl groups excluding tert-OH is 1. The summed E-state index contributed by atoms with van der Waals surface area (Å²) in [6, 6.07) is 0. The highest BCUT2D eigenvalue weighted by Gasteiger charge is 2.37. The monoisotopic (exact) mass is 169 g/mol. The van der Waals surface area contributed by atoms with Gasteiger partial charge in [0, 0.05) is 13.1 Å². The molecule has 1 aliphatic heterocycles. The molecule has 0 unspecified atom stereocenters. The second kappa shape index (κ2) is 3.05. The predicted molar refractivity (Wildman–Crippen MR) is 44.5 cm³/mol. The second-order valence-electron chi connectivity index (χ2n) is 3.91. The first-order chi connectivity index (χ1) is 5.81. The van der Waals surface area contributed by atoms with Gasteiger partial charge in [0.2, 0.25) is 5.91 Å². The third kappa shape index (κ3) is 1.22. The fourth-order valence-corrected chi connectivity index (χ4v) is 2.54. The Labute approximate surface area is 72.4 Å². The maximum atomic E-state index is 11.1. The molecule has 1 amide bonds. The predicted octanol–water partition coefficient (Wildman–Crippen LogP) is 0.237. The van der Waals surface area contributed by atoms with Crippen molar-refractivity contribution in [2.75, 3.05) is 19.7 Å². The Kier molecular flexibility index (Phi) is 2.05. The maximum absolute atomic E-state index is 11.1. The largest absolute Gasteiger partial charge is 0.387 e. The molecule has 3 nitrogen and oxygen atoms in total. The van der Waals surface area contributed by atoms with E-state index in [-0.39, 0.29) is 12.5 Å². The highest BCUT2D eigenvalue weighted by molar-refractivity contribution is 5.77. The average Bonchev–Trinajstić information content (AvgIpc) is 2.60. The Hall–Kier alpha value is -0.570. The molecule has 12 heavy (non-hydrogen) atoms. The van der Waals surface area contributed by atoms with Crippen LogP contribution in [0, 0.1) is 11.8 Å². The van der Waals surface area contributed by atoms with E-state index in [1.54, 1.807) is 0 Å². The molecule has 1 saturated carbocycles. The number of amides is 1. The minimum atomic E-state index is -0.320. The summed E-state index contributed by atoms with van der Waals surface area (Å²) in [7, 11) is 0. The van der Waals surface area contributed by atoms with Gasteiger partial charge in [-0.15, -0.1) is 0 Å². The van der Waals surface area contributed by atoms with E-state index in [0.29, 0.717) is 0 Å². The van der Waals surface area contributed by atoms with Crippen molar-refractivity contribution in [2.45, 2.75) is 19.3 Å². The molecule has 1 saturated heterocycles. The number of hydrogen-bond donors (Lipinski definition) is 1. The number of carbonyl (C=O) groups is 1. The van der Waals surface area contributed by atoms with E-state index in [1.165, 1.54) is 19.3 Å². The van der Waals surface area contributed by atoms with E-state index in [1.807, 2.05) is 4.90 Å². The van der Waals surface area contributed by atoms with Crippen LogP contribution in [-0.4, -0.2) is 35.6 Å². The maximum Gasteiger partial charge on any atom is 0.248 e. The molecule has 0 bridgehead atoms. The smallest absolute Gasteiger partial charge is 0.248 e. The molecule has 3 heteroatoms. The van der Waals surface area contributed by atoms with Crippen molar-refractivity contribution in [2.24, 2.45) is 11.8 Å². The van der Waals surface area contributed by atoms with Gasteiger partial charge >= 0.3 is 0 Å². The van der Waals surface area contributed by atoms with E-state index < -0.39 is 0 Å². The van der Waals surface area contributed by atoms with Gasteiger partial charge in [0.1, 0.15) is 6.61 Å². The molecule has 1 N–H and O–H groups in total. The van der Waals surface area contributed by atoms with Gasteiger partial charge in [0.25, 0.3) is 0 Å². The van der Waals surface area contributed by atoms with Gasteiger partial charge in [0.05, 0.1) is 0 Å². The lowest BCUT2D eigenvalue weighted by Crippen LogP contribution is -2.31. The van der Waals surface area contributed by atoms with Crippen molar-refractivity contribution in [3.8, 4) is 0 Å². The number of hydrogen-bond acceptors (Lipinski definition) is 2. The van der Waals surface area contributed by atoms with Crippen LogP contribution in [0.25, 0.3) is 0 Å². The highest BCUT2D eigenvalue weighted by atomic mass is 16.3. The van der Waals surface area contributed by atoms with E-state index in [0.717, 1.165) is 24.9 Å². The molecule has 2 aliphatic rings. The zero-order chi connectivity index (χ0) is 8.55. The summed E-state index contributed by atoms with van der Waals surface area (Å²) in [5.41, 5.74) is 0. The highest BCUT2D eigenvalue weighted by Crippen LogP contribution is 2.37. The molecule has 0 aromatic carbocycles. The van der Waals surface area contributed by atoms with Gasteiger partial charge in [-0.25, -0.2) is 0 Å². The van der Waals surface area contributed by atoms with Crippen LogP contribution in [0.15, 0.2) is 0 Å². The van der Waals surface area contributed by atoms with Crippen LogP contribution in [0.2, 0.25) is 0 Å². The van der Waals surface area contributed by atoms with Crippen molar-refractivity contribution >= 4 is 5.91 Å². The lowest BCUT2D eigenvalue weighted by molar-refractivity contribution is -0.133. The van der Waals surface area contributed by atoms with Crippen molar-refractivity contribution in [1.82, 2.24) is 4.90 Å². The first-order valence-electron chi connectivity index (χ1n) is 4.70. The SMILES string of the molecule is O=C(CO)N1C[C@H]2CCC[C@H]2C1. The molecule has 1 aliphatic carbocycles. The summed E-state index contributed by atoms with van der Waals surface area (Å²) in [5, 5.41) is 8.67. The molecule has 0 spiro atoms. The molecule has 1 heterocycles. The van der Waals surface area contributed by atoms with Crippen LogP contribution in [0.4, 0.5) is 0 Å². The van der Waals surface area contributed by atoms with Gasteiger partial charge in [0.15, 0.2) is 0 Å². The second-order valence-corrected chi connectivity index (χ2v) is 3.91. The first kappa shape index (κ1) is 8.05. The van der Waals surface area contributed by atoms with Gasteiger partial charge in [-0.1, -0.05) is 6.42 Å². The minimum absolute atomic E-state index is 0.0931. The molecule has 0 aromatic heterocycles. The summed E-state index contributed by atoms with van der Waals surface area (Å²) >= 11 is 0. The minimum Gasteiger partial charge on any atom is -0.387 e.